The second-order valence-corrected chi connectivity index (χ2v) is 9.57. The van der Waals surface area contributed by atoms with E-state index in [-0.39, 0.29) is 23.8 Å². The van der Waals surface area contributed by atoms with Crippen molar-refractivity contribution >= 4 is 11.6 Å². The van der Waals surface area contributed by atoms with Gasteiger partial charge in [-0.15, -0.1) is 0 Å². The molecule has 1 aliphatic carbocycles. The predicted molar refractivity (Wildman–Crippen MR) is 139 cm³/mol. The fourth-order valence-corrected chi connectivity index (χ4v) is 4.50. The first kappa shape index (κ1) is 24.1. The summed E-state index contributed by atoms with van der Waals surface area (Å²) in [5.74, 6) is 0.549. The van der Waals surface area contributed by atoms with Crippen molar-refractivity contribution in [2.45, 2.75) is 58.4 Å². The van der Waals surface area contributed by atoms with Crippen molar-refractivity contribution in [3.63, 3.8) is 0 Å². The first-order valence-electron chi connectivity index (χ1n) is 12.5. The minimum atomic E-state index is -0.0755. The van der Waals surface area contributed by atoms with Crippen LogP contribution in [0, 0.1) is 11.8 Å². The molecule has 1 amide bonds. The third kappa shape index (κ3) is 5.53. The number of hydrogen-bond donors (Lipinski definition) is 1. The van der Waals surface area contributed by atoms with Crippen molar-refractivity contribution in [2.75, 3.05) is 11.4 Å². The van der Waals surface area contributed by atoms with E-state index >= 15 is 0 Å². The summed E-state index contributed by atoms with van der Waals surface area (Å²) in [5.41, 5.74) is 12.0. The molecular formula is C29H36N4O. The molecule has 4 rings (SSSR count). The Morgan fingerprint density at radius 1 is 1.06 bits per heavy atom. The first-order valence-corrected chi connectivity index (χ1v) is 12.5. The van der Waals surface area contributed by atoms with Gasteiger partial charge in [0.15, 0.2) is 0 Å². The summed E-state index contributed by atoms with van der Waals surface area (Å²) in [4.78, 5) is 24.1. The highest BCUT2D eigenvalue weighted by Gasteiger charge is 2.47. The summed E-state index contributed by atoms with van der Waals surface area (Å²) in [6.07, 6.45) is 9.18. The molecule has 5 nitrogen and oxygen atoms in total. The second kappa shape index (κ2) is 10.9. The summed E-state index contributed by atoms with van der Waals surface area (Å²) in [6, 6.07) is 17.0. The summed E-state index contributed by atoms with van der Waals surface area (Å²) in [5, 5.41) is 0. The van der Waals surface area contributed by atoms with Gasteiger partial charge in [0.1, 0.15) is 0 Å². The maximum Gasteiger partial charge on any atom is 0.230 e. The van der Waals surface area contributed by atoms with Gasteiger partial charge in [-0.05, 0) is 47.6 Å². The number of aromatic nitrogens is 2. The largest absolute Gasteiger partial charge is 0.326 e. The number of benzene rings is 2. The highest BCUT2D eigenvalue weighted by molar-refractivity contribution is 5.97. The number of nitrogens with zero attached hydrogens (tertiary/aromatic N) is 3. The Morgan fingerprint density at radius 3 is 2.32 bits per heavy atom. The van der Waals surface area contributed by atoms with E-state index in [0.29, 0.717) is 12.5 Å². The molecule has 0 unspecified atom stereocenters. The topological polar surface area (TPSA) is 72.1 Å². The number of hydrogen-bond acceptors (Lipinski definition) is 4. The SMILES string of the molecule is CCCc1ccc(-c2ccc(N(C[C@@H](N)[C@@H](C)CC)C(=O)[C@@H]3C[C@H]3c3cnccn3)cc2)cc1. The van der Waals surface area contributed by atoms with Crippen LogP contribution in [0.15, 0.2) is 67.1 Å². The van der Waals surface area contributed by atoms with Crippen molar-refractivity contribution in [3.05, 3.63) is 78.4 Å². The van der Waals surface area contributed by atoms with Crippen LogP contribution in [0.1, 0.15) is 57.2 Å². The van der Waals surface area contributed by atoms with Crippen molar-refractivity contribution in [2.24, 2.45) is 17.6 Å². The van der Waals surface area contributed by atoms with Crippen LogP contribution in [0.5, 0.6) is 0 Å². The van der Waals surface area contributed by atoms with Gasteiger partial charge in [0.25, 0.3) is 0 Å². The van der Waals surface area contributed by atoms with E-state index in [1.54, 1.807) is 18.6 Å². The van der Waals surface area contributed by atoms with Gasteiger partial charge in [-0.1, -0.05) is 70.0 Å². The van der Waals surface area contributed by atoms with Gasteiger partial charge in [-0.3, -0.25) is 14.8 Å². The smallest absolute Gasteiger partial charge is 0.230 e. The van der Waals surface area contributed by atoms with E-state index in [1.165, 1.54) is 11.1 Å². The van der Waals surface area contributed by atoms with Crippen molar-refractivity contribution in [1.82, 2.24) is 9.97 Å². The van der Waals surface area contributed by atoms with Gasteiger partial charge in [0, 0.05) is 48.7 Å². The Morgan fingerprint density at radius 2 is 1.74 bits per heavy atom. The van der Waals surface area contributed by atoms with E-state index in [1.807, 2.05) is 4.90 Å². The van der Waals surface area contributed by atoms with Crippen LogP contribution >= 0.6 is 0 Å². The number of nitrogens with two attached hydrogens (primary N) is 1. The molecule has 2 N–H and O–H groups in total. The van der Waals surface area contributed by atoms with E-state index in [2.05, 4.69) is 79.3 Å². The van der Waals surface area contributed by atoms with Gasteiger partial charge >= 0.3 is 0 Å². The molecule has 3 aromatic rings. The molecule has 0 bridgehead atoms. The summed E-state index contributed by atoms with van der Waals surface area (Å²) < 4.78 is 0. The van der Waals surface area contributed by atoms with E-state index in [9.17, 15) is 4.79 Å². The molecule has 4 atom stereocenters. The highest BCUT2D eigenvalue weighted by Crippen LogP contribution is 2.48. The molecule has 0 spiro atoms. The fraction of sp³-hybridized carbons (Fsp3) is 0.414. The number of anilines is 1. The summed E-state index contributed by atoms with van der Waals surface area (Å²) >= 11 is 0. The zero-order valence-corrected chi connectivity index (χ0v) is 20.5. The number of amides is 1. The van der Waals surface area contributed by atoms with Crippen LogP contribution in [0.2, 0.25) is 0 Å². The maximum atomic E-state index is 13.6. The molecule has 1 saturated carbocycles. The average Bonchev–Trinajstić information content (AvgIpc) is 3.69. The minimum absolute atomic E-state index is 0.0633. The standard InChI is InChI=1S/C29H36N4O/c1-4-6-21-7-9-22(10-8-21)23-11-13-24(14-12-23)33(19-27(30)20(3)5-2)29(34)26-17-25(26)28-18-31-15-16-32-28/h7-16,18,20,25-27H,4-6,17,19,30H2,1-3H3/t20-,25+,26+,27+/m0/s1. The van der Waals surface area contributed by atoms with Gasteiger partial charge in [0.05, 0.1) is 5.69 Å². The van der Waals surface area contributed by atoms with Gasteiger partial charge in [-0.2, -0.15) is 0 Å². The number of carbonyl (C=O) groups is 1. The zero-order chi connectivity index (χ0) is 24.1. The number of aryl methyl sites for hydroxylation is 1. The lowest BCUT2D eigenvalue weighted by Crippen LogP contribution is -2.45. The molecule has 34 heavy (non-hydrogen) atoms. The lowest BCUT2D eigenvalue weighted by molar-refractivity contribution is -0.120. The molecule has 0 radical (unpaired) electrons. The van der Waals surface area contributed by atoms with Crippen molar-refractivity contribution < 1.29 is 4.79 Å². The third-order valence-corrected chi connectivity index (χ3v) is 7.11. The van der Waals surface area contributed by atoms with Crippen molar-refractivity contribution in [3.8, 4) is 11.1 Å². The maximum absolute atomic E-state index is 13.6. The molecule has 178 valence electrons. The highest BCUT2D eigenvalue weighted by atomic mass is 16.2. The normalized spacial score (nSPS) is 18.8. The molecule has 1 aliphatic rings. The lowest BCUT2D eigenvalue weighted by Gasteiger charge is -2.29. The molecule has 1 heterocycles. The molecule has 0 saturated heterocycles. The Bertz CT molecular complexity index is 1070. The Kier molecular flexibility index (Phi) is 7.73. The molecule has 1 fully saturated rings. The monoisotopic (exact) mass is 456 g/mol. The lowest BCUT2D eigenvalue weighted by atomic mass is 9.98. The fourth-order valence-electron chi connectivity index (χ4n) is 4.50. The molecule has 5 heteroatoms. The van der Waals surface area contributed by atoms with Gasteiger partial charge < -0.3 is 10.6 Å². The Hall–Kier alpha value is -3.05. The Balaban J connectivity index is 1.54. The van der Waals surface area contributed by atoms with E-state index in [0.717, 1.165) is 42.6 Å². The van der Waals surface area contributed by atoms with Crippen LogP contribution in [-0.2, 0) is 11.2 Å². The summed E-state index contributed by atoms with van der Waals surface area (Å²) in [7, 11) is 0. The quantitative estimate of drug-likeness (QED) is 0.431. The van der Waals surface area contributed by atoms with Crippen LogP contribution < -0.4 is 10.6 Å². The van der Waals surface area contributed by atoms with Crippen LogP contribution in [0.25, 0.3) is 11.1 Å². The number of rotatable bonds is 10. The van der Waals surface area contributed by atoms with E-state index < -0.39 is 0 Å². The predicted octanol–water partition coefficient (Wildman–Crippen LogP) is 5.61. The summed E-state index contributed by atoms with van der Waals surface area (Å²) in [6.45, 7) is 7.01. The van der Waals surface area contributed by atoms with Crippen LogP contribution in [0.3, 0.4) is 0 Å². The number of carbonyl (C=O) groups excluding carboxylic acids is 1. The van der Waals surface area contributed by atoms with E-state index in [4.69, 9.17) is 5.73 Å². The zero-order valence-electron chi connectivity index (χ0n) is 20.5. The van der Waals surface area contributed by atoms with Crippen LogP contribution in [0.4, 0.5) is 5.69 Å². The molecule has 0 aliphatic heterocycles. The third-order valence-electron chi connectivity index (χ3n) is 7.11. The molecule has 2 aromatic carbocycles. The Labute approximate surface area is 203 Å². The molecular weight excluding hydrogens is 420 g/mol. The van der Waals surface area contributed by atoms with Gasteiger partial charge in [-0.25, -0.2) is 0 Å². The average molecular weight is 457 g/mol. The molecule has 1 aromatic heterocycles. The first-order chi connectivity index (χ1) is 16.5. The minimum Gasteiger partial charge on any atom is -0.326 e. The van der Waals surface area contributed by atoms with Crippen LogP contribution in [-0.4, -0.2) is 28.5 Å². The second-order valence-electron chi connectivity index (χ2n) is 9.57. The van der Waals surface area contributed by atoms with Crippen molar-refractivity contribution in [1.29, 1.82) is 0 Å². The van der Waals surface area contributed by atoms with Gasteiger partial charge in [0.2, 0.25) is 5.91 Å².